The predicted molar refractivity (Wildman–Crippen MR) is 83.7 cm³/mol. The van der Waals surface area contributed by atoms with E-state index in [4.69, 9.17) is 14.6 Å². The smallest absolute Gasteiger partial charge is 0.335 e. The molecule has 7 nitrogen and oxygen atoms in total. The van der Waals surface area contributed by atoms with Crippen LogP contribution in [0.5, 0.6) is 11.5 Å². The predicted octanol–water partition coefficient (Wildman–Crippen LogP) is 2.48. The maximum absolute atomic E-state index is 14.3. The molecule has 0 atom stereocenters. The van der Waals surface area contributed by atoms with E-state index in [9.17, 15) is 22.0 Å². The molecule has 2 N–H and O–H groups in total. The summed E-state index contributed by atoms with van der Waals surface area (Å²) >= 11 is 0. The van der Waals surface area contributed by atoms with E-state index in [-0.39, 0.29) is 5.56 Å². The highest BCUT2D eigenvalue weighted by Crippen LogP contribution is 2.35. The van der Waals surface area contributed by atoms with Gasteiger partial charge in [0.05, 0.1) is 24.7 Å². The lowest BCUT2D eigenvalue weighted by Gasteiger charge is -2.14. The van der Waals surface area contributed by atoms with Crippen LogP contribution in [0, 0.1) is 11.6 Å². The molecule has 0 aliphatic carbocycles. The third-order valence-corrected chi connectivity index (χ3v) is 4.55. The monoisotopic (exact) mass is 373 g/mol. The van der Waals surface area contributed by atoms with E-state index in [1.807, 2.05) is 0 Å². The summed E-state index contributed by atoms with van der Waals surface area (Å²) < 4.78 is 64.4. The first-order valence-corrected chi connectivity index (χ1v) is 8.15. The zero-order chi connectivity index (χ0) is 18.8. The maximum Gasteiger partial charge on any atom is 0.335 e. The van der Waals surface area contributed by atoms with Gasteiger partial charge in [-0.1, -0.05) is 6.07 Å². The van der Waals surface area contributed by atoms with Crippen LogP contribution >= 0.6 is 0 Å². The number of rotatable bonds is 6. The van der Waals surface area contributed by atoms with Crippen LogP contribution in [0.2, 0.25) is 0 Å². The number of ether oxygens (including phenoxy) is 2. The van der Waals surface area contributed by atoms with Crippen LogP contribution in [0.25, 0.3) is 0 Å². The Hall–Kier alpha value is -2.88. The summed E-state index contributed by atoms with van der Waals surface area (Å²) in [5, 5.41) is 8.92. The molecule has 0 spiro atoms. The Morgan fingerprint density at radius 2 is 1.64 bits per heavy atom. The SMILES string of the molecule is COc1cc(OC)c(F)c(NS(=O)(=O)c2cccc(C(=O)O)c2)c1F. The van der Waals surface area contributed by atoms with Gasteiger partial charge in [-0.05, 0) is 18.2 Å². The summed E-state index contributed by atoms with van der Waals surface area (Å²) in [4.78, 5) is 10.5. The van der Waals surface area contributed by atoms with Crippen LogP contribution in [0.1, 0.15) is 10.4 Å². The molecule has 0 amide bonds. The summed E-state index contributed by atoms with van der Waals surface area (Å²) in [6.07, 6.45) is 0. The maximum atomic E-state index is 14.3. The minimum Gasteiger partial charge on any atom is -0.493 e. The average molecular weight is 373 g/mol. The highest BCUT2D eigenvalue weighted by Gasteiger charge is 2.25. The normalized spacial score (nSPS) is 11.0. The minimum atomic E-state index is -4.47. The topological polar surface area (TPSA) is 102 Å². The lowest BCUT2D eigenvalue weighted by Crippen LogP contribution is -2.16. The molecular formula is C15H13F2NO6S. The van der Waals surface area contributed by atoms with Crippen molar-refractivity contribution in [3.05, 3.63) is 47.5 Å². The van der Waals surface area contributed by atoms with Crippen molar-refractivity contribution in [1.29, 1.82) is 0 Å². The molecule has 0 saturated carbocycles. The first-order valence-electron chi connectivity index (χ1n) is 6.67. The number of carbonyl (C=O) groups is 1. The molecule has 0 heterocycles. The number of hydrogen-bond donors (Lipinski definition) is 2. The number of hydrogen-bond acceptors (Lipinski definition) is 5. The first-order chi connectivity index (χ1) is 11.7. The number of methoxy groups -OCH3 is 2. The van der Waals surface area contributed by atoms with Gasteiger partial charge in [0.15, 0.2) is 23.1 Å². The van der Waals surface area contributed by atoms with Gasteiger partial charge in [0.1, 0.15) is 5.69 Å². The Bertz CT molecular complexity index is 902. The molecule has 0 aliphatic rings. The summed E-state index contributed by atoms with van der Waals surface area (Å²) in [5.41, 5.74) is -1.30. The van der Waals surface area contributed by atoms with Gasteiger partial charge in [0, 0.05) is 6.07 Å². The molecule has 134 valence electrons. The van der Waals surface area contributed by atoms with Gasteiger partial charge >= 0.3 is 5.97 Å². The quantitative estimate of drug-likeness (QED) is 0.807. The number of halogens is 2. The summed E-state index contributed by atoms with van der Waals surface area (Å²) in [6.45, 7) is 0. The molecule has 0 aliphatic heterocycles. The lowest BCUT2D eigenvalue weighted by molar-refractivity contribution is 0.0696. The molecule has 0 radical (unpaired) electrons. The van der Waals surface area contributed by atoms with Gasteiger partial charge in [0.25, 0.3) is 10.0 Å². The fraction of sp³-hybridized carbons (Fsp3) is 0.133. The van der Waals surface area contributed by atoms with Gasteiger partial charge in [-0.25, -0.2) is 22.0 Å². The second kappa shape index (κ2) is 6.93. The van der Waals surface area contributed by atoms with E-state index in [1.54, 1.807) is 4.72 Å². The second-order valence-corrected chi connectivity index (χ2v) is 6.40. The van der Waals surface area contributed by atoms with Gasteiger partial charge in [-0.2, -0.15) is 0 Å². The molecule has 0 bridgehead atoms. The highest BCUT2D eigenvalue weighted by molar-refractivity contribution is 7.92. The molecule has 0 unspecified atom stereocenters. The van der Waals surface area contributed by atoms with Crippen molar-refractivity contribution in [2.75, 3.05) is 18.9 Å². The molecule has 10 heteroatoms. The summed E-state index contributed by atoms with van der Waals surface area (Å²) in [6, 6.07) is 5.24. The number of carboxylic acid groups (broad SMARTS) is 1. The van der Waals surface area contributed by atoms with Crippen LogP contribution in [0.4, 0.5) is 14.5 Å². The number of sulfonamides is 1. The van der Waals surface area contributed by atoms with Gasteiger partial charge in [-0.15, -0.1) is 0 Å². The fourth-order valence-corrected chi connectivity index (χ4v) is 3.07. The zero-order valence-electron chi connectivity index (χ0n) is 13.0. The van der Waals surface area contributed by atoms with Crippen molar-refractivity contribution in [2.45, 2.75) is 4.90 Å². The van der Waals surface area contributed by atoms with Gasteiger partial charge in [-0.3, -0.25) is 4.72 Å². The fourth-order valence-electron chi connectivity index (χ4n) is 1.96. The molecular weight excluding hydrogens is 360 g/mol. The van der Waals surface area contributed by atoms with Crippen LogP contribution in [0.15, 0.2) is 35.2 Å². The number of nitrogens with one attached hydrogen (secondary N) is 1. The van der Waals surface area contributed by atoms with E-state index in [2.05, 4.69) is 0 Å². The van der Waals surface area contributed by atoms with Crippen LogP contribution in [-0.4, -0.2) is 33.7 Å². The zero-order valence-corrected chi connectivity index (χ0v) is 13.9. The van der Waals surface area contributed by atoms with Crippen LogP contribution < -0.4 is 14.2 Å². The molecule has 0 fully saturated rings. The van der Waals surface area contributed by atoms with Crippen molar-refractivity contribution >= 4 is 21.7 Å². The Morgan fingerprint density at radius 3 is 2.12 bits per heavy atom. The number of aromatic carboxylic acids is 1. The Morgan fingerprint density at radius 1 is 1.08 bits per heavy atom. The van der Waals surface area contributed by atoms with E-state index >= 15 is 0 Å². The molecule has 2 aromatic carbocycles. The van der Waals surface area contributed by atoms with E-state index in [0.29, 0.717) is 0 Å². The number of anilines is 1. The minimum absolute atomic E-state index is 0.299. The lowest BCUT2D eigenvalue weighted by atomic mass is 10.2. The van der Waals surface area contributed by atoms with Crippen LogP contribution in [0.3, 0.4) is 0 Å². The van der Waals surface area contributed by atoms with Crippen molar-refractivity contribution in [3.63, 3.8) is 0 Å². The number of benzene rings is 2. The van der Waals surface area contributed by atoms with Crippen molar-refractivity contribution in [2.24, 2.45) is 0 Å². The first kappa shape index (κ1) is 18.5. The molecule has 0 saturated heterocycles. The van der Waals surface area contributed by atoms with Gasteiger partial charge < -0.3 is 14.6 Å². The Balaban J connectivity index is 2.55. The van der Waals surface area contributed by atoms with E-state index in [1.165, 1.54) is 12.1 Å². The molecule has 2 rings (SSSR count). The van der Waals surface area contributed by atoms with E-state index < -0.39 is 49.7 Å². The summed E-state index contributed by atoms with van der Waals surface area (Å²) in [7, 11) is -2.24. The number of carboxylic acids is 1. The second-order valence-electron chi connectivity index (χ2n) is 4.72. The molecule has 0 aromatic heterocycles. The van der Waals surface area contributed by atoms with Crippen LogP contribution in [-0.2, 0) is 10.0 Å². The van der Waals surface area contributed by atoms with Crippen molar-refractivity contribution in [1.82, 2.24) is 0 Å². The van der Waals surface area contributed by atoms with Crippen molar-refractivity contribution in [3.8, 4) is 11.5 Å². The third-order valence-electron chi connectivity index (χ3n) is 3.20. The highest BCUT2D eigenvalue weighted by atomic mass is 32.2. The van der Waals surface area contributed by atoms with E-state index in [0.717, 1.165) is 32.4 Å². The van der Waals surface area contributed by atoms with Crippen molar-refractivity contribution < 1.29 is 36.6 Å². The molecule has 25 heavy (non-hydrogen) atoms. The Labute approximate surface area is 141 Å². The summed E-state index contributed by atoms with van der Waals surface area (Å²) in [5.74, 6) is -4.78. The Kier molecular flexibility index (Phi) is 5.12. The average Bonchev–Trinajstić information content (AvgIpc) is 2.59. The third kappa shape index (κ3) is 3.63. The standard InChI is InChI=1S/C15H13F2NO6S/c1-23-10-7-11(24-2)13(17)14(12(10)16)18-25(21,22)9-5-3-4-8(6-9)15(19)20/h3-7,18H,1-2H3,(H,19,20). The molecule has 2 aromatic rings. The van der Waals surface area contributed by atoms with Gasteiger partial charge in [0.2, 0.25) is 0 Å². The largest absolute Gasteiger partial charge is 0.493 e.